The normalized spacial score (nSPS) is 25.9. The van der Waals surface area contributed by atoms with E-state index < -0.39 is 0 Å². The Balaban J connectivity index is 1.68. The van der Waals surface area contributed by atoms with Crippen LogP contribution in [-0.4, -0.2) is 38.8 Å². The highest BCUT2D eigenvalue weighted by molar-refractivity contribution is 5.32. The van der Waals surface area contributed by atoms with Gasteiger partial charge in [-0.05, 0) is 63.0 Å². The van der Waals surface area contributed by atoms with Gasteiger partial charge in [0, 0.05) is 12.0 Å². The predicted molar refractivity (Wildman–Crippen MR) is 82.5 cm³/mol. The van der Waals surface area contributed by atoms with Crippen molar-refractivity contribution < 1.29 is 4.39 Å². The Kier molecular flexibility index (Phi) is 3.66. The fourth-order valence-electron chi connectivity index (χ4n) is 4.04. The molecule has 3 heterocycles. The molecule has 0 saturated carbocycles. The largest absolute Gasteiger partial charge is 0.300 e. The molecule has 1 aromatic carbocycles. The second-order valence-electron chi connectivity index (χ2n) is 6.35. The molecule has 2 aliphatic rings. The van der Waals surface area contributed by atoms with Gasteiger partial charge in [0.1, 0.15) is 18.0 Å². The molecule has 0 N–H and O–H groups in total. The lowest BCUT2D eigenvalue weighted by molar-refractivity contribution is 0.0858. The zero-order valence-corrected chi connectivity index (χ0v) is 12.7. The van der Waals surface area contributed by atoms with Crippen molar-refractivity contribution in [2.24, 2.45) is 0 Å². The van der Waals surface area contributed by atoms with Gasteiger partial charge in [0.25, 0.3) is 0 Å². The number of hydrogen-bond acceptors (Lipinski definition) is 3. The van der Waals surface area contributed by atoms with E-state index >= 15 is 0 Å². The molecule has 2 saturated heterocycles. The van der Waals surface area contributed by atoms with E-state index in [1.165, 1.54) is 57.3 Å². The van der Waals surface area contributed by atoms with E-state index in [4.69, 9.17) is 0 Å². The number of aromatic nitrogens is 3. The lowest BCUT2D eigenvalue weighted by atomic mass is 9.83. The van der Waals surface area contributed by atoms with Gasteiger partial charge in [-0.1, -0.05) is 6.42 Å². The first-order valence-electron chi connectivity index (χ1n) is 8.23. The number of hydrogen-bond donors (Lipinski definition) is 0. The van der Waals surface area contributed by atoms with Crippen LogP contribution in [0.5, 0.6) is 0 Å². The average Bonchev–Trinajstić information content (AvgIpc) is 3.04. The molecule has 22 heavy (non-hydrogen) atoms. The van der Waals surface area contributed by atoms with Crippen LogP contribution in [0.3, 0.4) is 0 Å². The SMILES string of the molecule is Fc1ccc(-n2ncnc2[C@@H]2CCCN3CCCC[C@H]23)cc1. The van der Waals surface area contributed by atoms with Crippen molar-refractivity contribution in [1.29, 1.82) is 0 Å². The minimum atomic E-state index is -0.221. The van der Waals surface area contributed by atoms with Crippen LogP contribution in [0.25, 0.3) is 5.69 Å². The standard InChI is InChI=1S/C17H21FN4/c18-13-6-8-14(9-7-13)22-17(19-12-20-22)15-4-3-11-21-10-2-1-5-16(15)21/h6-9,12,15-16H,1-5,10-11H2/t15-,16-/m1/s1. The number of benzene rings is 1. The minimum Gasteiger partial charge on any atom is -0.300 e. The van der Waals surface area contributed by atoms with Gasteiger partial charge in [-0.25, -0.2) is 14.1 Å². The number of nitrogens with zero attached hydrogens (tertiary/aromatic N) is 4. The molecule has 116 valence electrons. The molecule has 2 atom stereocenters. The summed E-state index contributed by atoms with van der Waals surface area (Å²) in [5.74, 6) is 1.24. The summed E-state index contributed by atoms with van der Waals surface area (Å²) < 4.78 is 15.0. The van der Waals surface area contributed by atoms with Crippen LogP contribution in [0, 0.1) is 5.82 Å². The third kappa shape index (κ3) is 2.43. The maximum absolute atomic E-state index is 13.2. The van der Waals surface area contributed by atoms with Crippen LogP contribution in [-0.2, 0) is 0 Å². The Labute approximate surface area is 130 Å². The minimum absolute atomic E-state index is 0.221. The Morgan fingerprint density at radius 2 is 1.82 bits per heavy atom. The molecule has 0 unspecified atom stereocenters. The number of rotatable bonds is 2. The van der Waals surface area contributed by atoms with Gasteiger partial charge in [-0.2, -0.15) is 5.10 Å². The smallest absolute Gasteiger partial charge is 0.138 e. The fourth-order valence-corrected chi connectivity index (χ4v) is 4.04. The van der Waals surface area contributed by atoms with Crippen LogP contribution in [0.4, 0.5) is 4.39 Å². The van der Waals surface area contributed by atoms with E-state index in [0.717, 1.165) is 11.5 Å². The van der Waals surface area contributed by atoms with Gasteiger partial charge in [-0.15, -0.1) is 0 Å². The number of halogens is 1. The molecule has 0 bridgehead atoms. The molecule has 5 heteroatoms. The zero-order chi connectivity index (χ0) is 14.9. The van der Waals surface area contributed by atoms with E-state index in [2.05, 4.69) is 15.0 Å². The van der Waals surface area contributed by atoms with Gasteiger partial charge in [0.05, 0.1) is 5.69 Å². The van der Waals surface area contributed by atoms with Gasteiger partial charge in [0.15, 0.2) is 0 Å². The van der Waals surface area contributed by atoms with Crippen molar-refractivity contribution in [3.63, 3.8) is 0 Å². The van der Waals surface area contributed by atoms with Crippen LogP contribution < -0.4 is 0 Å². The summed E-state index contributed by atoms with van der Waals surface area (Å²) >= 11 is 0. The van der Waals surface area contributed by atoms with Gasteiger partial charge in [-0.3, -0.25) is 4.90 Å². The molecule has 1 aromatic heterocycles. The van der Waals surface area contributed by atoms with E-state index in [0.29, 0.717) is 12.0 Å². The number of fused-ring (bicyclic) bond motifs is 1. The summed E-state index contributed by atoms with van der Waals surface area (Å²) in [6.45, 7) is 2.43. The average molecular weight is 300 g/mol. The molecule has 4 rings (SSSR count). The van der Waals surface area contributed by atoms with E-state index in [-0.39, 0.29) is 5.82 Å². The lowest BCUT2D eigenvalue weighted by Gasteiger charge is -2.43. The third-order valence-corrected chi connectivity index (χ3v) is 5.07. The summed E-state index contributed by atoms with van der Waals surface area (Å²) in [6, 6.07) is 7.10. The van der Waals surface area contributed by atoms with Crippen molar-refractivity contribution in [2.75, 3.05) is 13.1 Å². The quantitative estimate of drug-likeness (QED) is 0.854. The van der Waals surface area contributed by atoms with Crippen LogP contribution in [0.1, 0.15) is 43.8 Å². The first-order chi connectivity index (χ1) is 10.8. The van der Waals surface area contributed by atoms with Crippen molar-refractivity contribution >= 4 is 0 Å². The number of piperidine rings is 2. The lowest BCUT2D eigenvalue weighted by Crippen LogP contribution is -2.47. The van der Waals surface area contributed by atoms with Gasteiger partial charge < -0.3 is 0 Å². The van der Waals surface area contributed by atoms with E-state index in [9.17, 15) is 4.39 Å². The molecule has 0 amide bonds. The first-order valence-corrected chi connectivity index (χ1v) is 8.23. The molecular weight excluding hydrogens is 279 g/mol. The van der Waals surface area contributed by atoms with Crippen LogP contribution in [0.15, 0.2) is 30.6 Å². The van der Waals surface area contributed by atoms with E-state index in [1.807, 2.05) is 4.68 Å². The highest BCUT2D eigenvalue weighted by Crippen LogP contribution is 2.37. The Morgan fingerprint density at radius 1 is 1.00 bits per heavy atom. The molecule has 2 aliphatic heterocycles. The Morgan fingerprint density at radius 3 is 2.68 bits per heavy atom. The van der Waals surface area contributed by atoms with Crippen molar-refractivity contribution in [3.8, 4) is 5.69 Å². The summed E-state index contributed by atoms with van der Waals surface area (Å²) in [5.41, 5.74) is 0.891. The molecule has 4 nitrogen and oxygen atoms in total. The second kappa shape index (κ2) is 5.80. The monoisotopic (exact) mass is 300 g/mol. The maximum atomic E-state index is 13.2. The van der Waals surface area contributed by atoms with Crippen molar-refractivity contribution in [3.05, 3.63) is 42.2 Å². The van der Waals surface area contributed by atoms with Gasteiger partial charge in [0.2, 0.25) is 0 Å². The first kappa shape index (κ1) is 13.9. The van der Waals surface area contributed by atoms with Crippen molar-refractivity contribution in [1.82, 2.24) is 19.7 Å². The summed E-state index contributed by atoms with van der Waals surface area (Å²) in [5, 5.41) is 4.39. The van der Waals surface area contributed by atoms with Crippen LogP contribution >= 0.6 is 0 Å². The molecule has 2 fully saturated rings. The summed E-state index contributed by atoms with van der Waals surface area (Å²) in [6.07, 6.45) is 7.89. The van der Waals surface area contributed by atoms with Crippen LogP contribution in [0.2, 0.25) is 0 Å². The Bertz CT molecular complexity index is 634. The molecule has 2 aromatic rings. The van der Waals surface area contributed by atoms with E-state index in [1.54, 1.807) is 18.5 Å². The zero-order valence-electron chi connectivity index (χ0n) is 12.7. The molecule has 0 aliphatic carbocycles. The summed E-state index contributed by atoms with van der Waals surface area (Å²) in [7, 11) is 0. The Hall–Kier alpha value is -1.75. The maximum Gasteiger partial charge on any atom is 0.138 e. The van der Waals surface area contributed by atoms with Gasteiger partial charge >= 0.3 is 0 Å². The molecular formula is C17H21FN4. The second-order valence-corrected chi connectivity index (χ2v) is 6.35. The van der Waals surface area contributed by atoms with Crippen molar-refractivity contribution in [2.45, 2.75) is 44.1 Å². The fraction of sp³-hybridized carbons (Fsp3) is 0.529. The molecule has 0 spiro atoms. The topological polar surface area (TPSA) is 34.0 Å². The summed E-state index contributed by atoms with van der Waals surface area (Å²) in [4.78, 5) is 7.19. The third-order valence-electron chi connectivity index (χ3n) is 5.07. The highest BCUT2D eigenvalue weighted by atomic mass is 19.1. The highest BCUT2D eigenvalue weighted by Gasteiger charge is 2.36. The molecule has 0 radical (unpaired) electrons. The predicted octanol–water partition coefficient (Wildman–Crippen LogP) is 3.14.